The summed E-state index contributed by atoms with van der Waals surface area (Å²) in [7, 11) is 0. The van der Waals surface area contributed by atoms with Gasteiger partial charge in [-0.2, -0.15) is 0 Å². The number of hydrogen-bond donors (Lipinski definition) is 1. The van der Waals surface area contributed by atoms with Crippen LogP contribution in [0.2, 0.25) is 0 Å². The minimum Gasteiger partial charge on any atom is -0.507 e. The molecule has 1 aliphatic rings. The lowest BCUT2D eigenvalue weighted by molar-refractivity contribution is -0.384. The standard InChI is InChI=1S/C23H19N3O7/c1-3-32-17-9-7-14(8-10-17)21(27)19-20(15-5-4-6-16(12-15)26(30)31)25(23(29)22(19)28)18-11-13(2)33-24-18/h4-12,20,27H,3H2,1-2H3/b21-19+/t20-/m0/s1. The lowest BCUT2D eigenvalue weighted by Crippen LogP contribution is -2.29. The zero-order chi connectivity index (χ0) is 23.7. The molecule has 2 heterocycles. The fourth-order valence-electron chi connectivity index (χ4n) is 3.69. The van der Waals surface area contributed by atoms with E-state index in [1.165, 1.54) is 30.3 Å². The average molecular weight is 449 g/mol. The highest BCUT2D eigenvalue weighted by Gasteiger charge is 2.48. The van der Waals surface area contributed by atoms with Crippen LogP contribution in [0.5, 0.6) is 5.75 Å². The van der Waals surface area contributed by atoms with Gasteiger partial charge in [-0.05, 0) is 43.7 Å². The molecule has 33 heavy (non-hydrogen) atoms. The number of aromatic nitrogens is 1. The smallest absolute Gasteiger partial charge is 0.301 e. The molecule has 0 spiro atoms. The number of benzene rings is 2. The van der Waals surface area contributed by atoms with Gasteiger partial charge in [-0.3, -0.25) is 24.6 Å². The molecule has 1 saturated heterocycles. The van der Waals surface area contributed by atoms with E-state index in [4.69, 9.17) is 9.26 Å². The molecule has 4 rings (SSSR count). The topological polar surface area (TPSA) is 136 Å². The van der Waals surface area contributed by atoms with E-state index >= 15 is 0 Å². The number of aliphatic hydroxyl groups excluding tert-OH is 1. The molecule has 10 heteroatoms. The highest BCUT2D eigenvalue weighted by Crippen LogP contribution is 2.42. The van der Waals surface area contributed by atoms with E-state index in [1.54, 1.807) is 31.2 Å². The number of Topliss-reactive ketones (excluding diaryl/α,β-unsaturated/α-hetero) is 1. The van der Waals surface area contributed by atoms with E-state index in [1.807, 2.05) is 6.92 Å². The number of aryl methyl sites for hydroxylation is 1. The normalized spacial score (nSPS) is 17.4. The van der Waals surface area contributed by atoms with Gasteiger partial charge in [0.1, 0.15) is 17.3 Å². The highest BCUT2D eigenvalue weighted by molar-refractivity contribution is 6.51. The predicted octanol–water partition coefficient (Wildman–Crippen LogP) is 3.92. The molecule has 0 bridgehead atoms. The van der Waals surface area contributed by atoms with Gasteiger partial charge < -0.3 is 14.4 Å². The predicted molar refractivity (Wildman–Crippen MR) is 117 cm³/mol. The number of non-ortho nitro benzene ring substituents is 1. The van der Waals surface area contributed by atoms with Gasteiger partial charge in [0.05, 0.1) is 23.1 Å². The second-order valence-electron chi connectivity index (χ2n) is 7.27. The van der Waals surface area contributed by atoms with E-state index < -0.39 is 28.4 Å². The first kappa shape index (κ1) is 21.8. The molecule has 1 aromatic heterocycles. The number of carbonyl (C=O) groups excluding carboxylic acids is 2. The van der Waals surface area contributed by atoms with Crippen LogP contribution in [0.1, 0.15) is 29.9 Å². The summed E-state index contributed by atoms with van der Waals surface area (Å²) in [6, 6.07) is 12.2. The molecule has 168 valence electrons. The van der Waals surface area contributed by atoms with Gasteiger partial charge in [-0.25, -0.2) is 0 Å². The summed E-state index contributed by atoms with van der Waals surface area (Å²) in [5.74, 6) is -1.28. The molecule has 0 saturated carbocycles. The molecule has 1 atom stereocenters. The summed E-state index contributed by atoms with van der Waals surface area (Å²) in [5.41, 5.74) is 0.0977. The summed E-state index contributed by atoms with van der Waals surface area (Å²) >= 11 is 0. The molecule has 1 amide bonds. The largest absolute Gasteiger partial charge is 0.507 e. The minimum absolute atomic E-state index is 0.0526. The molecule has 10 nitrogen and oxygen atoms in total. The zero-order valence-corrected chi connectivity index (χ0v) is 17.7. The Morgan fingerprint density at radius 2 is 1.94 bits per heavy atom. The van der Waals surface area contributed by atoms with Gasteiger partial charge >= 0.3 is 5.91 Å². The summed E-state index contributed by atoms with van der Waals surface area (Å²) in [5, 5.41) is 26.2. The van der Waals surface area contributed by atoms with Crippen molar-refractivity contribution in [3.63, 3.8) is 0 Å². The second-order valence-corrected chi connectivity index (χ2v) is 7.27. The number of anilines is 1. The van der Waals surface area contributed by atoms with Crippen LogP contribution < -0.4 is 9.64 Å². The molecular weight excluding hydrogens is 430 g/mol. The Morgan fingerprint density at radius 1 is 1.21 bits per heavy atom. The number of ketones is 1. The third-order valence-corrected chi connectivity index (χ3v) is 5.14. The Morgan fingerprint density at radius 3 is 2.55 bits per heavy atom. The van der Waals surface area contributed by atoms with Crippen LogP contribution in [0.3, 0.4) is 0 Å². The molecule has 1 aliphatic heterocycles. The molecule has 1 fully saturated rings. The first-order chi connectivity index (χ1) is 15.8. The van der Waals surface area contributed by atoms with Crippen molar-refractivity contribution in [3.05, 3.63) is 87.2 Å². The first-order valence-corrected chi connectivity index (χ1v) is 10.0. The van der Waals surface area contributed by atoms with Crippen molar-refractivity contribution in [3.8, 4) is 5.75 Å². The Balaban J connectivity index is 1.91. The summed E-state index contributed by atoms with van der Waals surface area (Å²) in [6.45, 7) is 3.91. The molecule has 0 radical (unpaired) electrons. The number of amides is 1. The number of nitrogens with zero attached hydrogens (tertiary/aromatic N) is 3. The van der Waals surface area contributed by atoms with Crippen LogP contribution in [0, 0.1) is 17.0 Å². The Kier molecular flexibility index (Phi) is 5.65. The molecule has 1 N–H and O–H groups in total. The molecule has 2 aromatic carbocycles. The third kappa shape index (κ3) is 3.93. The van der Waals surface area contributed by atoms with Crippen molar-refractivity contribution >= 4 is 29.0 Å². The van der Waals surface area contributed by atoms with Crippen molar-refractivity contribution in [1.29, 1.82) is 0 Å². The first-order valence-electron chi connectivity index (χ1n) is 10.0. The molecule has 0 unspecified atom stereocenters. The number of aliphatic hydroxyl groups is 1. The maximum Gasteiger partial charge on any atom is 0.301 e. The fraction of sp³-hybridized carbons (Fsp3) is 0.174. The maximum atomic E-state index is 13.1. The van der Waals surface area contributed by atoms with Gasteiger partial charge in [0, 0.05) is 23.8 Å². The van der Waals surface area contributed by atoms with Gasteiger partial charge in [0.15, 0.2) is 5.82 Å². The maximum absolute atomic E-state index is 13.1. The summed E-state index contributed by atoms with van der Waals surface area (Å²) in [6.07, 6.45) is 0. The minimum atomic E-state index is -1.15. The van der Waals surface area contributed by atoms with Crippen molar-refractivity contribution in [2.45, 2.75) is 19.9 Å². The van der Waals surface area contributed by atoms with Gasteiger partial charge in [-0.1, -0.05) is 17.3 Å². The van der Waals surface area contributed by atoms with Crippen LogP contribution in [-0.2, 0) is 9.59 Å². The quantitative estimate of drug-likeness (QED) is 0.197. The lowest BCUT2D eigenvalue weighted by Gasteiger charge is -2.22. The van der Waals surface area contributed by atoms with E-state index in [0.29, 0.717) is 18.1 Å². The monoisotopic (exact) mass is 449 g/mol. The molecule has 0 aliphatic carbocycles. The number of carbonyl (C=O) groups is 2. The number of rotatable bonds is 6. The van der Waals surface area contributed by atoms with Crippen molar-refractivity contribution in [1.82, 2.24) is 5.16 Å². The number of nitro groups is 1. The second kappa shape index (κ2) is 8.58. The summed E-state index contributed by atoms with van der Waals surface area (Å²) < 4.78 is 10.5. The van der Waals surface area contributed by atoms with Crippen molar-refractivity contribution < 1.29 is 28.9 Å². The van der Waals surface area contributed by atoms with E-state index in [9.17, 15) is 24.8 Å². The van der Waals surface area contributed by atoms with Gasteiger partial charge in [0.25, 0.3) is 11.5 Å². The fourth-order valence-corrected chi connectivity index (χ4v) is 3.69. The number of ether oxygens (including phenoxy) is 1. The molecule has 3 aromatic rings. The lowest BCUT2D eigenvalue weighted by atomic mass is 9.95. The van der Waals surface area contributed by atoms with Gasteiger partial charge in [-0.15, -0.1) is 0 Å². The van der Waals surface area contributed by atoms with Gasteiger partial charge in [0.2, 0.25) is 0 Å². The van der Waals surface area contributed by atoms with E-state index in [0.717, 1.165) is 4.90 Å². The third-order valence-electron chi connectivity index (χ3n) is 5.14. The van der Waals surface area contributed by atoms with Crippen LogP contribution in [0.15, 0.2) is 64.7 Å². The van der Waals surface area contributed by atoms with Crippen molar-refractivity contribution in [2.24, 2.45) is 0 Å². The highest BCUT2D eigenvalue weighted by atomic mass is 16.6. The van der Waals surface area contributed by atoms with E-state index in [-0.39, 0.29) is 28.2 Å². The molecular formula is C23H19N3O7. The van der Waals surface area contributed by atoms with Crippen LogP contribution in [0.4, 0.5) is 11.5 Å². The van der Waals surface area contributed by atoms with Crippen LogP contribution in [-0.4, -0.2) is 33.5 Å². The Hall–Kier alpha value is -4.47. The van der Waals surface area contributed by atoms with Crippen molar-refractivity contribution in [2.75, 3.05) is 11.5 Å². The van der Waals surface area contributed by atoms with E-state index in [2.05, 4.69) is 5.16 Å². The number of hydrogen-bond acceptors (Lipinski definition) is 8. The van der Waals surface area contributed by atoms with Crippen LogP contribution in [0.25, 0.3) is 5.76 Å². The Bertz CT molecular complexity index is 1280. The van der Waals surface area contributed by atoms with Crippen LogP contribution >= 0.6 is 0 Å². The Labute approximate surface area is 187 Å². The average Bonchev–Trinajstić information content (AvgIpc) is 3.34. The zero-order valence-electron chi connectivity index (χ0n) is 17.7. The number of nitro benzene ring substituents is 1. The SMILES string of the molecule is CCOc1ccc(/C(O)=C2\C(=O)C(=O)N(c3cc(C)on3)[C@H]2c2cccc([N+](=O)[O-])c2)cc1. The summed E-state index contributed by atoms with van der Waals surface area (Å²) in [4.78, 5) is 37.9.